The summed E-state index contributed by atoms with van der Waals surface area (Å²) in [7, 11) is 3.81. The van der Waals surface area contributed by atoms with Crippen molar-refractivity contribution in [1.29, 1.82) is 0 Å². The molecule has 0 saturated heterocycles. The second kappa shape index (κ2) is 9.40. The average molecular weight is 379 g/mol. The van der Waals surface area contributed by atoms with Gasteiger partial charge in [0, 0.05) is 17.8 Å². The lowest BCUT2D eigenvalue weighted by atomic mass is 9.81. The van der Waals surface area contributed by atoms with E-state index in [4.69, 9.17) is 9.47 Å². The summed E-state index contributed by atoms with van der Waals surface area (Å²) in [5.41, 5.74) is 1.19. The molecule has 0 spiro atoms. The molecule has 0 bridgehead atoms. The SMILES string of the molecule is CCc1c(C)[nH]c(=O)c(C(=O)OCCN(C)C)c1OC1CC(C)CC(C)C1. The Bertz CT molecular complexity index is 701. The van der Waals surface area contributed by atoms with Crippen LogP contribution in [-0.2, 0) is 11.2 Å². The highest BCUT2D eigenvalue weighted by Crippen LogP contribution is 2.34. The maximum absolute atomic E-state index is 12.7. The summed E-state index contributed by atoms with van der Waals surface area (Å²) in [5, 5.41) is 0. The van der Waals surface area contributed by atoms with E-state index in [2.05, 4.69) is 18.8 Å². The molecule has 1 fully saturated rings. The van der Waals surface area contributed by atoms with Crippen LogP contribution in [-0.4, -0.2) is 49.2 Å². The van der Waals surface area contributed by atoms with E-state index in [1.807, 2.05) is 32.8 Å². The maximum Gasteiger partial charge on any atom is 0.347 e. The predicted molar refractivity (Wildman–Crippen MR) is 107 cm³/mol. The van der Waals surface area contributed by atoms with Crippen LogP contribution in [0.4, 0.5) is 0 Å². The van der Waals surface area contributed by atoms with Gasteiger partial charge in [-0.25, -0.2) is 4.79 Å². The van der Waals surface area contributed by atoms with Gasteiger partial charge in [0.2, 0.25) is 0 Å². The number of pyridine rings is 1. The lowest BCUT2D eigenvalue weighted by Gasteiger charge is -2.32. The minimum atomic E-state index is -0.611. The molecule has 1 heterocycles. The quantitative estimate of drug-likeness (QED) is 0.738. The molecule has 152 valence electrons. The Hall–Kier alpha value is -1.82. The molecule has 2 atom stereocenters. The van der Waals surface area contributed by atoms with Crippen molar-refractivity contribution in [3.05, 3.63) is 27.2 Å². The molecule has 1 N–H and O–H groups in total. The van der Waals surface area contributed by atoms with E-state index >= 15 is 0 Å². The molecule has 6 nitrogen and oxygen atoms in total. The highest BCUT2D eigenvalue weighted by atomic mass is 16.5. The number of nitrogens with zero attached hydrogens (tertiary/aromatic N) is 1. The number of likely N-dealkylation sites (N-methyl/N-ethyl adjacent to an activating group) is 1. The number of carbonyl (C=O) groups excluding carboxylic acids is 1. The Morgan fingerprint density at radius 1 is 1.19 bits per heavy atom. The van der Waals surface area contributed by atoms with Gasteiger partial charge in [-0.1, -0.05) is 20.8 Å². The first kappa shape index (κ1) is 21.5. The number of carbonyl (C=O) groups is 1. The monoisotopic (exact) mass is 378 g/mol. The summed E-state index contributed by atoms with van der Waals surface area (Å²) in [5.74, 6) is 0.949. The molecule has 1 saturated carbocycles. The standard InChI is InChI=1S/C21H34N2O4/c1-7-17-15(4)22-20(24)18(21(25)26-9-8-23(5)6)19(17)27-16-11-13(2)10-14(3)12-16/h13-14,16H,7-12H2,1-6H3,(H,22,24). The Morgan fingerprint density at radius 3 is 2.37 bits per heavy atom. The average Bonchev–Trinajstić information content (AvgIpc) is 2.53. The van der Waals surface area contributed by atoms with Crippen molar-refractivity contribution in [3.8, 4) is 5.75 Å². The fourth-order valence-corrected chi connectivity index (χ4v) is 4.00. The minimum Gasteiger partial charge on any atom is -0.489 e. The first-order valence-corrected chi connectivity index (χ1v) is 9.97. The summed E-state index contributed by atoms with van der Waals surface area (Å²) >= 11 is 0. The topological polar surface area (TPSA) is 71.6 Å². The molecule has 6 heteroatoms. The van der Waals surface area contributed by atoms with Gasteiger partial charge in [-0.15, -0.1) is 0 Å². The van der Waals surface area contributed by atoms with Gasteiger partial charge in [-0.2, -0.15) is 0 Å². The number of esters is 1. The van der Waals surface area contributed by atoms with Crippen LogP contribution in [0.15, 0.2) is 4.79 Å². The van der Waals surface area contributed by atoms with Crippen molar-refractivity contribution in [2.75, 3.05) is 27.2 Å². The molecule has 27 heavy (non-hydrogen) atoms. The van der Waals surface area contributed by atoms with Crippen LogP contribution in [0.1, 0.15) is 61.6 Å². The van der Waals surface area contributed by atoms with E-state index in [0.29, 0.717) is 30.6 Å². The Kier molecular flexibility index (Phi) is 7.48. The van der Waals surface area contributed by atoms with Crippen molar-refractivity contribution >= 4 is 5.97 Å². The van der Waals surface area contributed by atoms with E-state index < -0.39 is 11.5 Å². The van der Waals surface area contributed by atoms with Crippen molar-refractivity contribution in [2.45, 2.75) is 59.5 Å². The lowest BCUT2D eigenvalue weighted by molar-refractivity contribution is 0.0464. The third-order valence-electron chi connectivity index (χ3n) is 5.23. The van der Waals surface area contributed by atoms with Gasteiger partial charge in [0.05, 0.1) is 6.10 Å². The highest BCUT2D eigenvalue weighted by Gasteiger charge is 2.30. The van der Waals surface area contributed by atoms with Gasteiger partial charge in [-0.05, 0) is 58.5 Å². The van der Waals surface area contributed by atoms with Crippen molar-refractivity contribution in [3.63, 3.8) is 0 Å². The molecule has 2 rings (SSSR count). The second-order valence-corrected chi connectivity index (χ2v) is 8.21. The van der Waals surface area contributed by atoms with Crippen molar-refractivity contribution < 1.29 is 14.3 Å². The molecule has 1 aromatic heterocycles. The van der Waals surface area contributed by atoms with Crippen molar-refractivity contribution in [2.24, 2.45) is 11.8 Å². The number of hydrogen-bond donors (Lipinski definition) is 1. The zero-order valence-electron chi connectivity index (χ0n) is 17.6. The third-order valence-corrected chi connectivity index (χ3v) is 5.23. The number of aromatic amines is 1. The van der Waals surface area contributed by atoms with Crippen molar-refractivity contribution in [1.82, 2.24) is 9.88 Å². The zero-order valence-corrected chi connectivity index (χ0v) is 17.6. The molecule has 0 amide bonds. The van der Waals surface area contributed by atoms with Crippen LogP contribution >= 0.6 is 0 Å². The molecule has 1 aliphatic carbocycles. The van der Waals surface area contributed by atoms with E-state index in [9.17, 15) is 9.59 Å². The highest BCUT2D eigenvalue weighted by molar-refractivity contribution is 5.92. The van der Waals surface area contributed by atoms with Gasteiger partial charge in [0.15, 0.2) is 5.56 Å². The molecule has 2 unspecified atom stereocenters. The van der Waals surface area contributed by atoms with Crippen LogP contribution in [0.3, 0.4) is 0 Å². The van der Waals surface area contributed by atoms with Gasteiger partial charge < -0.3 is 19.4 Å². The Balaban J connectivity index is 2.34. The zero-order chi connectivity index (χ0) is 20.1. The van der Waals surface area contributed by atoms with Crippen LogP contribution in [0, 0.1) is 18.8 Å². The molecule has 0 aromatic carbocycles. The summed E-state index contributed by atoms with van der Waals surface area (Å²) in [6, 6.07) is 0. The van der Waals surface area contributed by atoms with Crippen LogP contribution in [0.2, 0.25) is 0 Å². The summed E-state index contributed by atoms with van der Waals surface area (Å²) in [4.78, 5) is 30.0. The van der Waals surface area contributed by atoms with Gasteiger partial charge in [0.1, 0.15) is 12.4 Å². The predicted octanol–water partition coefficient (Wildman–Crippen LogP) is 3.17. The first-order chi connectivity index (χ1) is 12.7. The number of nitrogens with one attached hydrogen (secondary N) is 1. The summed E-state index contributed by atoms with van der Waals surface area (Å²) in [6.45, 7) is 9.14. The molecule has 0 aliphatic heterocycles. The number of ether oxygens (including phenoxy) is 2. The molecular formula is C21H34N2O4. The second-order valence-electron chi connectivity index (χ2n) is 8.21. The van der Waals surface area contributed by atoms with E-state index in [1.54, 1.807) is 0 Å². The molecule has 1 aromatic rings. The number of hydrogen-bond acceptors (Lipinski definition) is 5. The minimum absolute atomic E-state index is 0.00193. The van der Waals surface area contributed by atoms with E-state index in [1.165, 1.54) is 6.42 Å². The molecular weight excluding hydrogens is 344 g/mol. The fourth-order valence-electron chi connectivity index (χ4n) is 4.00. The van der Waals surface area contributed by atoms with Gasteiger partial charge >= 0.3 is 5.97 Å². The summed E-state index contributed by atoms with van der Waals surface area (Å²) in [6.07, 6.45) is 3.76. The Labute approximate surface area is 162 Å². The Morgan fingerprint density at radius 2 is 1.81 bits per heavy atom. The largest absolute Gasteiger partial charge is 0.489 e. The number of aryl methyl sites for hydroxylation is 1. The molecule has 0 radical (unpaired) electrons. The smallest absolute Gasteiger partial charge is 0.347 e. The fraction of sp³-hybridized carbons (Fsp3) is 0.714. The van der Waals surface area contributed by atoms with Crippen LogP contribution in [0.5, 0.6) is 5.75 Å². The van der Waals surface area contributed by atoms with Gasteiger partial charge in [-0.3, -0.25) is 4.79 Å². The van der Waals surface area contributed by atoms with Crippen LogP contribution < -0.4 is 10.3 Å². The number of aromatic nitrogens is 1. The lowest BCUT2D eigenvalue weighted by Crippen LogP contribution is -2.32. The third kappa shape index (κ3) is 5.58. The normalized spacial score (nSPS) is 22.7. The first-order valence-electron chi connectivity index (χ1n) is 9.97. The molecule has 1 aliphatic rings. The van der Waals surface area contributed by atoms with E-state index in [-0.39, 0.29) is 18.3 Å². The number of H-pyrrole nitrogens is 1. The van der Waals surface area contributed by atoms with E-state index in [0.717, 1.165) is 24.1 Å². The maximum atomic E-state index is 12.7. The summed E-state index contributed by atoms with van der Waals surface area (Å²) < 4.78 is 11.7. The van der Waals surface area contributed by atoms with Crippen LogP contribution in [0.25, 0.3) is 0 Å². The van der Waals surface area contributed by atoms with Gasteiger partial charge in [0.25, 0.3) is 5.56 Å². The number of rotatable bonds is 7.